The summed E-state index contributed by atoms with van der Waals surface area (Å²) in [6.07, 6.45) is 0.0417. The van der Waals surface area contributed by atoms with E-state index in [0.29, 0.717) is 0 Å². The summed E-state index contributed by atoms with van der Waals surface area (Å²) in [6.45, 7) is 0. The maximum absolute atomic E-state index is 9.55. The quantitative estimate of drug-likeness (QED) is 0.154. The molecule has 0 rings (SSSR count). The fourth-order valence-electron chi connectivity index (χ4n) is 0.122. The molecule has 44 valence electrons. The van der Waals surface area contributed by atoms with Crippen LogP contribution in [0, 0.1) is 0 Å². The SMILES string of the molecule is O=CC(C=O)=[N+](O)O. The fourth-order valence-corrected chi connectivity index (χ4v) is 0.122. The molecule has 0 amide bonds. The third kappa shape index (κ3) is 1.38. The maximum atomic E-state index is 9.55. The van der Waals surface area contributed by atoms with Crippen LogP contribution in [0.15, 0.2) is 0 Å². The van der Waals surface area contributed by atoms with Gasteiger partial charge >= 0.3 is 5.71 Å². The molecule has 0 aromatic carbocycles. The molecule has 0 aromatic rings. The minimum Gasteiger partial charge on any atom is -0.291 e. The molecular formula is C3H4NO4+. The van der Waals surface area contributed by atoms with E-state index in [-0.39, 0.29) is 12.6 Å². The van der Waals surface area contributed by atoms with Crippen molar-refractivity contribution in [2.24, 2.45) is 0 Å². The van der Waals surface area contributed by atoms with Crippen molar-refractivity contribution in [3.63, 3.8) is 0 Å². The van der Waals surface area contributed by atoms with Gasteiger partial charge in [-0.15, -0.1) is 0 Å². The second kappa shape index (κ2) is 2.73. The molecule has 2 N–H and O–H groups in total. The van der Waals surface area contributed by atoms with E-state index in [1.54, 1.807) is 0 Å². The van der Waals surface area contributed by atoms with Crippen molar-refractivity contribution in [1.29, 1.82) is 0 Å². The predicted octanol–water partition coefficient (Wildman–Crippen LogP) is -1.38. The van der Waals surface area contributed by atoms with Crippen LogP contribution in [-0.2, 0) is 9.59 Å². The van der Waals surface area contributed by atoms with Crippen molar-refractivity contribution in [2.75, 3.05) is 0 Å². The van der Waals surface area contributed by atoms with Crippen LogP contribution in [0.5, 0.6) is 0 Å². The first kappa shape index (κ1) is 6.61. The van der Waals surface area contributed by atoms with E-state index in [4.69, 9.17) is 10.4 Å². The first-order chi connectivity index (χ1) is 3.72. The van der Waals surface area contributed by atoms with Gasteiger partial charge in [-0.3, -0.25) is 9.59 Å². The monoisotopic (exact) mass is 118 g/mol. The maximum Gasteiger partial charge on any atom is 0.389 e. The Labute approximate surface area is 44.4 Å². The summed E-state index contributed by atoms with van der Waals surface area (Å²) >= 11 is 0. The molecule has 0 aliphatic carbocycles. The number of carbonyl (C=O) groups is 2. The summed E-state index contributed by atoms with van der Waals surface area (Å²) in [5.41, 5.74) is -0.731. The van der Waals surface area contributed by atoms with Crippen LogP contribution in [0.25, 0.3) is 0 Å². The third-order valence-electron chi connectivity index (χ3n) is 0.472. The van der Waals surface area contributed by atoms with Crippen molar-refractivity contribution in [3.8, 4) is 0 Å². The molecule has 0 aliphatic rings. The van der Waals surface area contributed by atoms with Crippen LogP contribution in [0.3, 0.4) is 0 Å². The highest BCUT2D eigenvalue weighted by molar-refractivity contribution is 6.50. The highest BCUT2D eigenvalue weighted by Gasteiger charge is 2.09. The number of carbonyl (C=O) groups excluding carboxylic acids is 2. The van der Waals surface area contributed by atoms with Gasteiger partial charge in [0.25, 0.3) is 0 Å². The van der Waals surface area contributed by atoms with Gasteiger partial charge in [0.1, 0.15) is 0 Å². The molecule has 0 unspecified atom stereocenters. The number of aldehydes is 2. The van der Waals surface area contributed by atoms with Gasteiger partial charge in [-0.25, -0.2) is 10.4 Å². The van der Waals surface area contributed by atoms with Gasteiger partial charge < -0.3 is 0 Å². The van der Waals surface area contributed by atoms with Crippen LogP contribution in [0.4, 0.5) is 0 Å². The first-order valence-electron chi connectivity index (χ1n) is 1.67. The summed E-state index contributed by atoms with van der Waals surface area (Å²) in [6, 6.07) is 0. The largest absolute Gasteiger partial charge is 0.389 e. The predicted molar refractivity (Wildman–Crippen MR) is 21.0 cm³/mol. The Morgan fingerprint density at radius 2 is 1.62 bits per heavy atom. The van der Waals surface area contributed by atoms with E-state index in [2.05, 4.69) is 0 Å². The number of rotatable bonds is 2. The summed E-state index contributed by atoms with van der Waals surface area (Å²) < 4.78 is 0. The Bertz CT molecular complexity index is 124. The normalized spacial score (nSPS) is 7.50. The smallest absolute Gasteiger partial charge is 0.291 e. The topological polar surface area (TPSA) is 77.6 Å². The minimum atomic E-state index is -0.731. The zero-order valence-corrected chi connectivity index (χ0v) is 3.81. The van der Waals surface area contributed by atoms with E-state index < -0.39 is 10.6 Å². The molecule has 0 saturated heterocycles. The van der Waals surface area contributed by atoms with Crippen LogP contribution in [0.1, 0.15) is 0 Å². The number of nitrogens with zero attached hydrogens (tertiary/aromatic N) is 1. The number of hydrogen-bond acceptors (Lipinski definition) is 4. The molecule has 0 radical (unpaired) electrons. The second-order valence-electron chi connectivity index (χ2n) is 0.950. The summed E-state index contributed by atoms with van der Waals surface area (Å²) in [4.78, 5) is 18.6. The Morgan fingerprint density at radius 3 is 1.62 bits per heavy atom. The van der Waals surface area contributed by atoms with Crippen molar-refractivity contribution >= 4 is 18.3 Å². The van der Waals surface area contributed by atoms with E-state index in [1.165, 1.54) is 0 Å². The third-order valence-corrected chi connectivity index (χ3v) is 0.472. The highest BCUT2D eigenvalue weighted by Crippen LogP contribution is 1.59. The lowest BCUT2D eigenvalue weighted by atomic mass is 10.5. The molecule has 5 nitrogen and oxygen atoms in total. The van der Waals surface area contributed by atoms with Gasteiger partial charge in [-0.1, -0.05) is 0 Å². The Morgan fingerprint density at radius 1 is 1.25 bits per heavy atom. The lowest BCUT2D eigenvalue weighted by Gasteiger charge is -1.72. The first-order valence-corrected chi connectivity index (χ1v) is 1.67. The van der Waals surface area contributed by atoms with Gasteiger partial charge in [0.05, 0.1) is 0 Å². The average Bonchev–Trinajstić information content (AvgIpc) is 1.69. The molecule has 0 aromatic heterocycles. The molecule has 8 heavy (non-hydrogen) atoms. The lowest BCUT2D eigenvalue weighted by Crippen LogP contribution is -2.16. The molecular weight excluding hydrogens is 114 g/mol. The molecule has 0 aliphatic heterocycles. The van der Waals surface area contributed by atoms with Gasteiger partial charge in [0.2, 0.25) is 17.5 Å². The van der Waals surface area contributed by atoms with Crippen LogP contribution < -0.4 is 0 Å². The van der Waals surface area contributed by atoms with Crippen LogP contribution in [0.2, 0.25) is 0 Å². The molecule has 0 fully saturated rings. The fraction of sp³-hybridized carbons (Fsp3) is 0. The van der Waals surface area contributed by atoms with Gasteiger partial charge in [-0.2, -0.15) is 0 Å². The molecule has 5 heteroatoms. The van der Waals surface area contributed by atoms with Gasteiger partial charge in [-0.05, 0) is 0 Å². The van der Waals surface area contributed by atoms with E-state index in [1.807, 2.05) is 0 Å². The van der Waals surface area contributed by atoms with E-state index in [9.17, 15) is 9.59 Å². The standard InChI is InChI=1S/C3H4NO4/c5-1-3(2-6)4(7)8/h1-2,7-8H/q+1. The Kier molecular flexibility index (Phi) is 2.25. The molecule has 0 spiro atoms. The summed E-state index contributed by atoms with van der Waals surface area (Å²) in [7, 11) is 0. The van der Waals surface area contributed by atoms with Gasteiger partial charge in [0, 0.05) is 0 Å². The van der Waals surface area contributed by atoms with Crippen molar-refractivity contribution < 1.29 is 24.9 Å². The Hall–Kier alpha value is -1.39. The average molecular weight is 118 g/mol. The van der Waals surface area contributed by atoms with Crippen LogP contribution in [-0.4, -0.2) is 33.6 Å². The van der Waals surface area contributed by atoms with Gasteiger partial charge in [0.15, 0.2) is 0 Å². The van der Waals surface area contributed by atoms with E-state index in [0.717, 1.165) is 0 Å². The minimum absolute atomic E-state index is 0.0208. The van der Waals surface area contributed by atoms with Crippen molar-refractivity contribution in [1.82, 2.24) is 0 Å². The van der Waals surface area contributed by atoms with Crippen LogP contribution >= 0.6 is 0 Å². The lowest BCUT2D eigenvalue weighted by molar-refractivity contribution is -0.953. The molecule has 0 saturated carbocycles. The van der Waals surface area contributed by atoms with Crippen molar-refractivity contribution in [3.05, 3.63) is 0 Å². The second-order valence-corrected chi connectivity index (χ2v) is 0.950. The molecule has 0 atom stereocenters. The Balaban J connectivity index is 4.30. The summed E-state index contributed by atoms with van der Waals surface area (Å²) in [5, 5.41) is 15.8. The molecule has 0 bridgehead atoms. The highest BCUT2D eigenvalue weighted by atomic mass is 16.8. The molecule has 0 heterocycles. The summed E-state index contributed by atoms with van der Waals surface area (Å²) in [5.74, 6) is 0. The van der Waals surface area contributed by atoms with E-state index >= 15 is 0 Å². The number of hydrogen-bond donors (Lipinski definition) is 2. The zero-order valence-electron chi connectivity index (χ0n) is 3.81. The van der Waals surface area contributed by atoms with Crippen molar-refractivity contribution in [2.45, 2.75) is 0 Å². The zero-order chi connectivity index (χ0) is 6.57.